The van der Waals surface area contributed by atoms with Gasteiger partial charge in [-0.3, -0.25) is 9.59 Å². The fraction of sp³-hybridized carbons (Fsp3) is 0.529. The molecule has 3 nitrogen and oxygen atoms in total. The molecule has 1 aromatic rings. The fourth-order valence-corrected chi connectivity index (χ4v) is 4.72. The summed E-state index contributed by atoms with van der Waals surface area (Å²) >= 11 is 0. The van der Waals surface area contributed by atoms with Crippen molar-refractivity contribution in [3.05, 3.63) is 29.8 Å². The van der Waals surface area contributed by atoms with Crippen molar-refractivity contribution in [3.8, 4) is 0 Å². The van der Waals surface area contributed by atoms with Gasteiger partial charge < -0.3 is 5.32 Å². The molecule has 3 fully saturated rings. The largest absolute Gasteiger partial charge is 0.326 e. The molecule has 3 aliphatic rings. The number of nitrogens with one attached hydrogen (secondary N) is 1. The van der Waals surface area contributed by atoms with Gasteiger partial charge in [-0.2, -0.15) is 0 Å². The molecule has 0 spiro atoms. The van der Waals surface area contributed by atoms with Crippen LogP contribution in [0.5, 0.6) is 0 Å². The Morgan fingerprint density at radius 2 is 1.85 bits per heavy atom. The summed E-state index contributed by atoms with van der Waals surface area (Å²) in [7, 11) is 0. The molecular weight excluding hydrogens is 250 g/mol. The van der Waals surface area contributed by atoms with Crippen LogP contribution in [-0.2, 0) is 4.79 Å². The van der Waals surface area contributed by atoms with E-state index >= 15 is 0 Å². The van der Waals surface area contributed by atoms with Crippen LogP contribution in [0.1, 0.15) is 36.5 Å². The minimum atomic E-state index is 0.0300. The van der Waals surface area contributed by atoms with Gasteiger partial charge in [-0.1, -0.05) is 12.1 Å². The Bertz CT molecular complexity index is 578. The summed E-state index contributed by atoms with van der Waals surface area (Å²) in [4.78, 5) is 23.8. The summed E-state index contributed by atoms with van der Waals surface area (Å²) < 4.78 is 0. The molecule has 0 aliphatic heterocycles. The summed E-state index contributed by atoms with van der Waals surface area (Å²) in [5.41, 5.74) is 1.40. The van der Waals surface area contributed by atoms with Crippen LogP contribution in [0.2, 0.25) is 0 Å². The van der Waals surface area contributed by atoms with Gasteiger partial charge in [0.15, 0.2) is 5.78 Å². The highest BCUT2D eigenvalue weighted by Gasteiger charge is 2.67. The number of Topliss-reactive ketones (excluding diaryl/α,β-unsaturated/α-hetero) is 1. The van der Waals surface area contributed by atoms with E-state index in [9.17, 15) is 9.59 Å². The van der Waals surface area contributed by atoms with E-state index in [0.29, 0.717) is 17.4 Å². The number of anilines is 1. The SMILES string of the molecule is CC(=O)c1cccc(NC(=O)C2[C@@H]3[C@@H]4CC[C@@H](C4)[C@H]23)c1. The Hall–Kier alpha value is -1.64. The lowest BCUT2D eigenvalue weighted by Crippen LogP contribution is -2.18. The van der Waals surface area contributed by atoms with E-state index in [1.165, 1.54) is 19.3 Å². The highest BCUT2D eigenvalue weighted by Crippen LogP contribution is 2.69. The maximum atomic E-state index is 12.4. The fourth-order valence-electron chi connectivity index (χ4n) is 4.72. The zero-order chi connectivity index (χ0) is 13.9. The van der Waals surface area contributed by atoms with Gasteiger partial charge in [0, 0.05) is 17.2 Å². The summed E-state index contributed by atoms with van der Waals surface area (Å²) in [6, 6.07) is 7.23. The van der Waals surface area contributed by atoms with E-state index in [0.717, 1.165) is 17.5 Å². The predicted molar refractivity (Wildman–Crippen MR) is 76.4 cm³/mol. The summed E-state index contributed by atoms with van der Waals surface area (Å²) in [5.74, 6) is 3.37. The number of ketones is 1. The molecule has 1 N–H and O–H groups in total. The Morgan fingerprint density at radius 3 is 2.50 bits per heavy atom. The predicted octanol–water partition coefficient (Wildman–Crippen LogP) is 3.12. The lowest BCUT2D eigenvalue weighted by atomic mass is 10.0. The van der Waals surface area contributed by atoms with Crippen molar-refractivity contribution in [2.24, 2.45) is 29.6 Å². The highest BCUT2D eigenvalue weighted by atomic mass is 16.2. The molecule has 3 saturated carbocycles. The molecule has 2 bridgehead atoms. The van der Waals surface area contributed by atoms with Crippen LogP contribution >= 0.6 is 0 Å². The van der Waals surface area contributed by atoms with Crippen molar-refractivity contribution in [2.45, 2.75) is 26.2 Å². The van der Waals surface area contributed by atoms with Crippen LogP contribution in [-0.4, -0.2) is 11.7 Å². The third-order valence-electron chi connectivity index (χ3n) is 5.57. The van der Waals surface area contributed by atoms with Gasteiger partial charge in [0.25, 0.3) is 0 Å². The molecule has 0 radical (unpaired) electrons. The zero-order valence-electron chi connectivity index (χ0n) is 11.6. The average molecular weight is 269 g/mol. The monoisotopic (exact) mass is 269 g/mol. The molecule has 4 rings (SSSR count). The van der Waals surface area contributed by atoms with Crippen LogP contribution in [0, 0.1) is 29.6 Å². The average Bonchev–Trinajstić information content (AvgIpc) is 2.88. The van der Waals surface area contributed by atoms with Gasteiger partial charge in [0.05, 0.1) is 0 Å². The first-order valence-corrected chi connectivity index (χ1v) is 7.57. The quantitative estimate of drug-likeness (QED) is 0.857. The third kappa shape index (κ3) is 1.72. The van der Waals surface area contributed by atoms with E-state index in [4.69, 9.17) is 0 Å². The number of fused-ring (bicyclic) bond motifs is 5. The maximum Gasteiger partial charge on any atom is 0.228 e. The van der Waals surface area contributed by atoms with Gasteiger partial charge >= 0.3 is 0 Å². The summed E-state index contributed by atoms with van der Waals surface area (Å²) in [5, 5.41) is 3.01. The van der Waals surface area contributed by atoms with Gasteiger partial charge in [-0.25, -0.2) is 0 Å². The Morgan fingerprint density at radius 1 is 1.15 bits per heavy atom. The van der Waals surface area contributed by atoms with E-state index in [2.05, 4.69) is 5.32 Å². The first-order chi connectivity index (χ1) is 9.65. The second kappa shape index (κ2) is 4.18. The topological polar surface area (TPSA) is 46.2 Å². The van der Waals surface area contributed by atoms with Crippen molar-refractivity contribution in [2.75, 3.05) is 5.32 Å². The first kappa shape index (κ1) is 12.1. The minimum absolute atomic E-state index is 0.0300. The van der Waals surface area contributed by atoms with Crippen molar-refractivity contribution >= 4 is 17.4 Å². The minimum Gasteiger partial charge on any atom is -0.326 e. The molecule has 1 unspecified atom stereocenters. The zero-order valence-corrected chi connectivity index (χ0v) is 11.6. The van der Waals surface area contributed by atoms with Gasteiger partial charge in [0.1, 0.15) is 0 Å². The molecule has 0 aromatic heterocycles. The molecule has 0 saturated heterocycles. The molecule has 104 valence electrons. The lowest BCUT2D eigenvalue weighted by Gasteiger charge is -2.10. The highest BCUT2D eigenvalue weighted by molar-refractivity contribution is 5.98. The normalized spacial score (nSPS) is 36.5. The van der Waals surface area contributed by atoms with Gasteiger partial charge in [-0.05, 0) is 62.0 Å². The molecule has 5 atom stereocenters. The Balaban J connectivity index is 1.46. The van der Waals surface area contributed by atoms with Crippen molar-refractivity contribution in [1.29, 1.82) is 0 Å². The second-order valence-corrected chi connectivity index (χ2v) is 6.64. The van der Waals surface area contributed by atoms with Gasteiger partial charge in [0.2, 0.25) is 5.91 Å². The van der Waals surface area contributed by atoms with Crippen molar-refractivity contribution in [1.82, 2.24) is 0 Å². The van der Waals surface area contributed by atoms with Crippen molar-refractivity contribution < 1.29 is 9.59 Å². The number of carbonyl (C=O) groups is 2. The van der Waals surface area contributed by atoms with Crippen LogP contribution in [0.15, 0.2) is 24.3 Å². The number of carbonyl (C=O) groups excluding carboxylic acids is 2. The summed E-state index contributed by atoms with van der Waals surface area (Å²) in [6.07, 6.45) is 4.02. The second-order valence-electron chi connectivity index (χ2n) is 6.64. The van der Waals surface area contributed by atoms with E-state index in [1.54, 1.807) is 19.1 Å². The maximum absolute atomic E-state index is 12.4. The number of rotatable bonds is 3. The lowest BCUT2D eigenvalue weighted by molar-refractivity contribution is -0.118. The van der Waals surface area contributed by atoms with E-state index < -0.39 is 0 Å². The molecule has 3 heteroatoms. The van der Waals surface area contributed by atoms with Crippen LogP contribution in [0.3, 0.4) is 0 Å². The number of hydrogen-bond donors (Lipinski definition) is 1. The molecule has 20 heavy (non-hydrogen) atoms. The van der Waals surface area contributed by atoms with Crippen LogP contribution in [0.4, 0.5) is 5.69 Å². The van der Waals surface area contributed by atoms with Gasteiger partial charge in [-0.15, -0.1) is 0 Å². The number of amides is 1. The number of benzene rings is 1. The molecule has 0 heterocycles. The van der Waals surface area contributed by atoms with Crippen LogP contribution in [0.25, 0.3) is 0 Å². The van der Waals surface area contributed by atoms with Crippen LogP contribution < -0.4 is 5.32 Å². The first-order valence-electron chi connectivity index (χ1n) is 7.57. The standard InChI is InChI=1S/C17H19NO2/c1-9(19)10-3-2-4-13(8-10)18-17(20)16-14-11-5-6-12(7-11)15(14)16/h2-4,8,11-12,14-16H,5-7H2,1H3,(H,18,20)/t11-,12+,14-,15+,16?. The molecule has 1 amide bonds. The van der Waals surface area contributed by atoms with E-state index in [-0.39, 0.29) is 17.6 Å². The smallest absolute Gasteiger partial charge is 0.228 e. The molecular formula is C17H19NO2. The summed E-state index contributed by atoms with van der Waals surface area (Å²) in [6.45, 7) is 1.55. The molecule has 1 aromatic carbocycles. The Kier molecular flexibility index (Phi) is 2.53. The molecule has 3 aliphatic carbocycles. The Labute approximate surface area is 118 Å². The van der Waals surface area contributed by atoms with Crippen molar-refractivity contribution in [3.63, 3.8) is 0 Å². The number of hydrogen-bond acceptors (Lipinski definition) is 2. The van der Waals surface area contributed by atoms with E-state index in [1.807, 2.05) is 12.1 Å². The third-order valence-corrected chi connectivity index (χ3v) is 5.57.